The van der Waals surface area contributed by atoms with Crippen molar-refractivity contribution in [2.24, 2.45) is 0 Å². The largest absolute Gasteiger partial charge is 0.390 e. The lowest BCUT2D eigenvalue weighted by atomic mass is 10.1. The highest BCUT2D eigenvalue weighted by molar-refractivity contribution is 5.93. The van der Waals surface area contributed by atoms with Gasteiger partial charge in [0, 0.05) is 0 Å². The maximum absolute atomic E-state index is 11.1. The van der Waals surface area contributed by atoms with Crippen LogP contribution in [0.5, 0.6) is 0 Å². The molecule has 0 saturated carbocycles. The maximum atomic E-state index is 11.1. The van der Waals surface area contributed by atoms with Gasteiger partial charge in [-0.3, -0.25) is 10.1 Å². The lowest BCUT2D eigenvalue weighted by Crippen LogP contribution is -2.09. The van der Waals surface area contributed by atoms with Crippen LogP contribution in [0.3, 0.4) is 0 Å². The highest BCUT2D eigenvalue weighted by Crippen LogP contribution is 2.30. The van der Waals surface area contributed by atoms with Crippen molar-refractivity contribution in [2.75, 3.05) is 20.6 Å². The van der Waals surface area contributed by atoms with Gasteiger partial charge in [0.15, 0.2) is 0 Å². The highest BCUT2D eigenvalue weighted by Gasteiger charge is 2.38. The van der Waals surface area contributed by atoms with E-state index in [1.165, 1.54) is 12.1 Å². The molecular formula is C12H16N2O4. The number of hydrogen-bond acceptors (Lipinski definition) is 5. The van der Waals surface area contributed by atoms with Crippen LogP contribution in [0.25, 0.3) is 0 Å². The van der Waals surface area contributed by atoms with Crippen molar-refractivity contribution in [2.45, 2.75) is 13.2 Å². The summed E-state index contributed by atoms with van der Waals surface area (Å²) in [5, 5.41) is 10.4. The molecule has 1 aromatic carbocycles. The van der Waals surface area contributed by atoms with Crippen LogP contribution in [0.2, 0.25) is 0 Å². The summed E-state index contributed by atoms with van der Waals surface area (Å²) in [4.78, 5) is 23.0. The second kappa shape index (κ2) is 6.11. The summed E-state index contributed by atoms with van der Waals surface area (Å²) in [6.45, 7) is 3.26. The third-order valence-electron chi connectivity index (χ3n) is 2.49. The minimum absolute atomic E-state index is 0.282. The van der Waals surface area contributed by atoms with Gasteiger partial charge in [-0.15, -0.1) is 0 Å². The molecule has 1 heterocycles. The number of carbonyl (C=O) groups excluding carboxylic acids is 1. The summed E-state index contributed by atoms with van der Waals surface area (Å²) in [6, 6.07) is 6.31. The molecule has 1 unspecified atom stereocenters. The molecule has 0 amide bonds. The van der Waals surface area contributed by atoms with Crippen LogP contribution in [0, 0.1) is 10.1 Å². The van der Waals surface area contributed by atoms with E-state index in [4.69, 9.17) is 0 Å². The second-order valence-electron chi connectivity index (χ2n) is 4.03. The smallest absolute Gasteiger partial charge is 0.383 e. The third kappa shape index (κ3) is 3.27. The van der Waals surface area contributed by atoms with E-state index in [-0.39, 0.29) is 5.56 Å². The Balaban J connectivity index is 0.000000280. The lowest BCUT2D eigenvalue weighted by molar-refractivity contribution is -0.572. The van der Waals surface area contributed by atoms with Crippen LogP contribution < -0.4 is 0 Å². The number of carbonyl (C=O) groups is 1. The van der Waals surface area contributed by atoms with Crippen molar-refractivity contribution >= 4 is 5.97 Å². The molecule has 2 rings (SSSR count). The molecular weight excluding hydrogens is 236 g/mol. The maximum Gasteiger partial charge on any atom is 0.383 e. The SMILES string of the molecule is CCN(C)C.O=C1OC([N+](=O)[O-])c2ccccc21. The number of esters is 1. The minimum Gasteiger partial charge on any atom is -0.390 e. The number of nitrogens with zero attached hydrogens (tertiary/aromatic N) is 2. The van der Waals surface area contributed by atoms with Crippen LogP contribution in [0.1, 0.15) is 29.1 Å². The van der Waals surface area contributed by atoms with Gasteiger partial charge in [-0.05, 0) is 32.8 Å². The molecule has 6 heteroatoms. The third-order valence-corrected chi connectivity index (χ3v) is 2.49. The van der Waals surface area contributed by atoms with E-state index in [1.807, 2.05) is 0 Å². The van der Waals surface area contributed by atoms with Crippen molar-refractivity contribution < 1.29 is 14.5 Å². The Bertz CT molecular complexity index is 445. The topological polar surface area (TPSA) is 72.7 Å². The molecule has 0 aliphatic carbocycles. The summed E-state index contributed by atoms with van der Waals surface area (Å²) >= 11 is 0. The predicted molar refractivity (Wildman–Crippen MR) is 65.8 cm³/mol. The average molecular weight is 252 g/mol. The van der Waals surface area contributed by atoms with Gasteiger partial charge in [0.05, 0.1) is 16.1 Å². The molecule has 98 valence electrons. The Labute approximate surface area is 105 Å². The van der Waals surface area contributed by atoms with E-state index >= 15 is 0 Å². The number of ether oxygens (including phenoxy) is 1. The van der Waals surface area contributed by atoms with Gasteiger partial charge in [0.1, 0.15) is 0 Å². The Morgan fingerprint density at radius 1 is 1.39 bits per heavy atom. The first-order valence-corrected chi connectivity index (χ1v) is 5.55. The number of cyclic esters (lactones) is 1. The van der Waals surface area contributed by atoms with E-state index < -0.39 is 17.1 Å². The predicted octanol–water partition coefficient (Wildman–Crippen LogP) is 1.70. The molecule has 0 radical (unpaired) electrons. The first kappa shape index (κ1) is 14.1. The summed E-state index contributed by atoms with van der Waals surface area (Å²) in [7, 11) is 4.11. The molecule has 0 N–H and O–H groups in total. The Kier molecular flexibility index (Phi) is 4.79. The van der Waals surface area contributed by atoms with Gasteiger partial charge in [0.2, 0.25) is 0 Å². The molecule has 6 nitrogen and oxygen atoms in total. The highest BCUT2D eigenvalue weighted by atomic mass is 16.7. The standard InChI is InChI=1S/C8H5NO4.C4H11N/c10-8-6-4-2-1-3-5(6)7(13-8)9(11)12;1-4-5(2)3/h1-4,7H;4H2,1-3H3. The van der Waals surface area contributed by atoms with Crippen molar-refractivity contribution in [3.8, 4) is 0 Å². The average Bonchev–Trinajstić information content (AvgIpc) is 2.68. The molecule has 1 aliphatic rings. The molecule has 1 aromatic rings. The molecule has 18 heavy (non-hydrogen) atoms. The Morgan fingerprint density at radius 2 is 1.94 bits per heavy atom. The summed E-state index contributed by atoms with van der Waals surface area (Å²) in [5.41, 5.74) is 0.613. The molecule has 1 aliphatic heterocycles. The number of benzene rings is 1. The van der Waals surface area contributed by atoms with Gasteiger partial charge in [0.25, 0.3) is 0 Å². The quantitative estimate of drug-likeness (QED) is 0.455. The van der Waals surface area contributed by atoms with Crippen molar-refractivity contribution in [1.29, 1.82) is 0 Å². The van der Waals surface area contributed by atoms with E-state index in [0.29, 0.717) is 5.56 Å². The molecule has 0 aromatic heterocycles. The fourth-order valence-electron chi connectivity index (χ4n) is 1.28. The Morgan fingerprint density at radius 3 is 2.44 bits per heavy atom. The van der Waals surface area contributed by atoms with Gasteiger partial charge >= 0.3 is 12.2 Å². The van der Waals surface area contributed by atoms with Crippen LogP contribution in [-0.4, -0.2) is 36.4 Å². The molecule has 1 atom stereocenters. The van der Waals surface area contributed by atoms with Crippen LogP contribution in [0.4, 0.5) is 0 Å². The van der Waals surface area contributed by atoms with Gasteiger partial charge < -0.3 is 9.64 Å². The normalized spacial score (nSPS) is 16.7. The number of rotatable bonds is 2. The summed E-state index contributed by atoms with van der Waals surface area (Å²) in [5.74, 6) is -0.628. The molecule has 0 fully saturated rings. The molecule has 0 spiro atoms. The van der Waals surface area contributed by atoms with Gasteiger partial charge in [-0.25, -0.2) is 4.79 Å². The van der Waals surface area contributed by atoms with E-state index in [0.717, 1.165) is 6.54 Å². The van der Waals surface area contributed by atoms with Crippen LogP contribution in [0.15, 0.2) is 24.3 Å². The zero-order valence-electron chi connectivity index (χ0n) is 10.6. The van der Waals surface area contributed by atoms with Crippen LogP contribution in [-0.2, 0) is 4.74 Å². The van der Waals surface area contributed by atoms with E-state index in [1.54, 1.807) is 12.1 Å². The summed E-state index contributed by atoms with van der Waals surface area (Å²) in [6.07, 6.45) is -1.33. The van der Waals surface area contributed by atoms with E-state index in [2.05, 4.69) is 30.7 Å². The van der Waals surface area contributed by atoms with Crippen molar-refractivity contribution in [3.05, 3.63) is 45.5 Å². The first-order valence-electron chi connectivity index (χ1n) is 5.55. The molecule has 0 bridgehead atoms. The number of hydrogen-bond donors (Lipinski definition) is 0. The van der Waals surface area contributed by atoms with Gasteiger partial charge in [-0.2, -0.15) is 0 Å². The zero-order valence-corrected chi connectivity index (χ0v) is 10.6. The van der Waals surface area contributed by atoms with Crippen molar-refractivity contribution in [3.63, 3.8) is 0 Å². The number of fused-ring (bicyclic) bond motifs is 1. The second-order valence-corrected chi connectivity index (χ2v) is 4.03. The van der Waals surface area contributed by atoms with E-state index in [9.17, 15) is 14.9 Å². The van der Waals surface area contributed by atoms with Crippen LogP contribution >= 0.6 is 0 Å². The zero-order chi connectivity index (χ0) is 13.7. The lowest BCUT2D eigenvalue weighted by Gasteiger charge is -2.00. The molecule has 0 saturated heterocycles. The fourth-order valence-corrected chi connectivity index (χ4v) is 1.28. The van der Waals surface area contributed by atoms with Gasteiger partial charge in [-0.1, -0.05) is 19.1 Å². The number of nitro groups is 1. The van der Waals surface area contributed by atoms with Crippen molar-refractivity contribution in [1.82, 2.24) is 4.90 Å². The monoisotopic (exact) mass is 252 g/mol. The summed E-state index contributed by atoms with van der Waals surface area (Å²) < 4.78 is 4.56. The first-order chi connectivity index (χ1) is 8.47. The fraction of sp³-hybridized carbons (Fsp3) is 0.417. The minimum atomic E-state index is -1.33. The Hall–Kier alpha value is -1.95.